The molecule has 0 aromatic heterocycles. The second-order valence-electron chi connectivity index (χ2n) is 4.16. The van der Waals surface area contributed by atoms with Gasteiger partial charge in [0.1, 0.15) is 12.4 Å². The Bertz CT molecular complexity index is 411. The number of hydrogen-bond donors (Lipinski definition) is 1. The third kappa shape index (κ3) is 6.89. The van der Waals surface area contributed by atoms with Crippen LogP contribution in [0.2, 0.25) is 0 Å². The lowest BCUT2D eigenvalue weighted by Gasteiger charge is -2.13. The van der Waals surface area contributed by atoms with Crippen molar-refractivity contribution >= 4 is 15.9 Å². The van der Waals surface area contributed by atoms with Crippen molar-refractivity contribution in [2.24, 2.45) is 5.73 Å². The largest absolute Gasteiger partial charge is 0.411 e. The fourth-order valence-corrected chi connectivity index (χ4v) is 1.92. The van der Waals surface area contributed by atoms with Crippen molar-refractivity contribution in [3.05, 3.63) is 34.1 Å². The van der Waals surface area contributed by atoms with Crippen LogP contribution in [0.15, 0.2) is 22.7 Å². The summed E-state index contributed by atoms with van der Waals surface area (Å²) in [5.41, 5.74) is 6.16. The molecular formula is C12H14BrF4NO. The standard InChI is InChI=1S/C12H14BrF4NO/c13-9-1-2-11(14)8(5-9)6-10(18)3-4-19-7-12(15,16)17/h1-2,5,10H,3-4,6-7,18H2. The van der Waals surface area contributed by atoms with E-state index in [1.165, 1.54) is 6.07 Å². The van der Waals surface area contributed by atoms with Gasteiger partial charge in [0.05, 0.1) is 0 Å². The zero-order chi connectivity index (χ0) is 14.5. The molecule has 0 aliphatic heterocycles. The van der Waals surface area contributed by atoms with Crippen molar-refractivity contribution in [2.45, 2.75) is 25.1 Å². The summed E-state index contributed by atoms with van der Waals surface area (Å²) < 4.78 is 54.0. The van der Waals surface area contributed by atoms with E-state index in [-0.39, 0.29) is 25.3 Å². The first-order valence-electron chi connectivity index (χ1n) is 5.62. The second-order valence-corrected chi connectivity index (χ2v) is 5.07. The number of nitrogens with two attached hydrogens (primary N) is 1. The number of hydrogen-bond acceptors (Lipinski definition) is 2. The van der Waals surface area contributed by atoms with E-state index >= 15 is 0 Å². The Labute approximate surface area is 117 Å². The molecule has 0 bridgehead atoms. The van der Waals surface area contributed by atoms with Gasteiger partial charge in [0.25, 0.3) is 0 Å². The van der Waals surface area contributed by atoms with Gasteiger partial charge in [-0.05, 0) is 36.6 Å². The van der Waals surface area contributed by atoms with E-state index in [4.69, 9.17) is 5.73 Å². The lowest BCUT2D eigenvalue weighted by Crippen LogP contribution is -2.26. The molecule has 2 N–H and O–H groups in total. The first-order valence-corrected chi connectivity index (χ1v) is 6.41. The van der Waals surface area contributed by atoms with Gasteiger partial charge < -0.3 is 10.5 Å². The lowest BCUT2D eigenvalue weighted by atomic mass is 10.0. The first kappa shape index (κ1) is 16.4. The Morgan fingerprint density at radius 1 is 1.32 bits per heavy atom. The molecule has 0 fully saturated rings. The van der Waals surface area contributed by atoms with E-state index in [2.05, 4.69) is 20.7 Å². The molecule has 0 spiro atoms. The van der Waals surface area contributed by atoms with Crippen molar-refractivity contribution in [3.63, 3.8) is 0 Å². The highest BCUT2D eigenvalue weighted by Crippen LogP contribution is 2.18. The van der Waals surface area contributed by atoms with Gasteiger partial charge in [-0.1, -0.05) is 15.9 Å². The molecule has 0 saturated heterocycles. The molecule has 1 unspecified atom stereocenters. The first-order chi connectivity index (χ1) is 8.78. The minimum Gasteiger partial charge on any atom is -0.372 e. The Kier molecular flexibility index (Phi) is 6.22. The molecule has 0 amide bonds. The average molecular weight is 344 g/mol. The summed E-state index contributed by atoms with van der Waals surface area (Å²) in [5, 5.41) is 0. The van der Waals surface area contributed by atoms with Crippen LogP contribution in [0, 0.1) is 5.82 Å². The molecule has 0 radical (unpaired) electrons. The number of ether oxygens (including phenoxy) is 1. The summed E-state index contributed by atoms with van der Waals surface area (Å²) in [5.74, 6) is -0.380. The molecular weight excluding hydrogens is 330 g/mol. The average Bonchev–Trinajstić information content (AvgIpc) is 2.28. The number of halogens is 5. The van der Waals surface area contributed by atoms with Crippen molar-refractivity contribution in [3.8, 4) is 0 Å². The Morgan fingerprint density at radius 2 is 2.00 bits per heavy atom. The molecule has 0 heterocycles. The monoisotopic (exact) mass is 343 g/mol. The lowest BCUT2D eigenvalue weighted by molar-refractivity contribution is -0.174. The maximum Gasteiger partial charge on any atom is 0.411 e. The maximum absolute atomic E-state index is 13.4. The molecule has 19 heavy (non-hydrogen) atoms. The minimum atomic E-state index is -4.33. The fourth-order valence-electron chi connectivity index (χ4n) is 1.51. The predicted molar refractivity (Wildman–Crippen MR) is 67.3 cm³/mol. The summed E-state index contributed by atoms with van der Waals surface area (Å²) in [6.45, 7) is -1.39. The third-order valence-electron chi connectivity index (χ3n) is 2.39. The number of benzene rings is 1. The van der Waals surface area contributed by atoms with E-state index < -0.39 is 18.8 Å². The van der Waals surface area contributed by atoms with Crippen LogP contribution in [-0.4, -0.2) is 25.4 Å². The van der Waals surface area contributed by atoms with Gasteiger partial charge in [0, 0.05) is 17.1 Å². The van der Waals surface area contributed by atoms with Gasteiger partial charge >= 0.3 is 6.18 Å². The quantitative estimate of drug-likeness (QED) is 0.634. The molecule has 1 rings (SSSR count). The molecule has 7 heteroatoms. The Balaban J connectivity index is 2.35. The summed E-state index contributed by atoms with van der Waals surface area (Å²) in [7, 11) is 0. The summed E-state index contributed by atoms with van der Waals surface area (Å²) in [6.07, 6.45) is -3.84. The normalized spacial score (nSPS) is 13.6. The zero-order valence-corrected chi connectivity index (χ0v) is 11.6. The van der Waals surface area contributed by atoms with Gasteiger partial charge in [0.15, 0.2) is 0 Å². The van der Waals surface area contributed by atoms with Crippen molar-refractivity contribution in [1.82, 2.24) is 0 Å². The van der Waals surface area contributed by atoms with Crippen LogP contribution in [0.1, 0.15) is 12.0 Å². The fraction of sp³-hybridized carbons (Fsp3) is 0.500. The van der Waals surface area contributed by atoms with E-state index in [1.807, 2.05) is 0 Å². The summed E-state index contributed by atoms with van der Waals surface area (Å²) in [6, 6.07) is 4.03. The van der Waals surface area contributed by atoms with Crippen LogP contribution in [0.5, 0.6) is 0 Å². The highest BCUT2D eigenvalue weighted by atomic mass is 79.9. The topological polar surface area (TPSA) is 35.2 Å². The SMILES string of the molecule is NC(CCOCC(F)(F)F)Cc1cc(Br)ccc1F. The number of alkyl halides is 3. The highest BCUT2D eigenvalue weighted by molar-refractivity contribution is 9.10. The maximum atomic E-state index is 13.4. The van der Waals surface area contributed by atoms with Crippen LogP contribution in [0.3, 0.4) is 0 Å². The van der Waals surface area contributed by atoms with Gasteiger partial charge in [-0.25, -0.2) is 4.39 Å². The molecule has 0 saturated carbocycles. The van der Waals surface area contributed by atoms with Gasteiger partial charge in [-0.15, -0.1) is 0 Å². The van der Waals surface area contributed by atoms with Crippen LogP contribution in [0.25, 0.3) is 0 Å². The van der Waals surface area contributed by atoms with E-state index in [0.717, 1.165) is 4.47 Å². The van der Waals surface area contributed by atoms with E-state index in [1.54, 1.807) is 12.1 Å². The molecule has 1 atom stereocenters. The second kappa shape index (κ2) is 7.21. The molecule has 2 nitrogen and oxygen atoms in total. The van der Waals surface area contributed by atoms with Crippen LogP contribution < -0.4 is 5.73 Å². The summed E-state index contributed by atoms with van der Waals surface area (Å²) in [4.78, 5) is 0. The van der Waals surface area contributed by atoms with Crippen LogP contribution in [0.4, 0.5) is 17.6 Å². The number of rotatable bonds is 6. The predicted octanol–water partition coefficient (Wildman–Crippen LogP) is 3.43. The third-order valence-corrected chi connectivity index (χ3v) is 2.88. The Hall–Kier alpha value is -0.660. The van der Waals surface area contributed by atoms with E-state index in [0.29, 0.717) is 5.56 Å². The van der Waals surface area contributed by atoms with Crippen molar-refractivity contribution < 1.29 is 22.3 Å². The van der Waals surface area contributed by atoms with Crippen LogP contribution >= 0.6 is 15.9 Å². The zero-order valence-electron chi connectivity index (χ0n) is 10.0. The van der Waals surface area contributed by atoms with Gasteiger partial charge in [-0.3, -0.25) is 0 Å². The Morgan fingerprint density at radius 3 is 2.63 bits per heavy atom. The van der Waals surface area contributed by atoms with Crippen LogP contribution in [-0.2, 0) is 11.2 Å². The minimum absolute atomic E-state index is 0.101. The smallest absolute Gasteiger partial charge is 0.372 e. The molecule has 1 aromatic carbocycles. The molecule has 0 aliphatic carbocycles. The summed E-state index contributed by atoms with van der Waals surface area (Å²) >= 11 is 3.21. The van der Waals surface area contributed by atoms with Crippen molar-refractivity contribution in [1.29, 1.82) is 0 Å². The highest BCUT2D eigenvalue weighted by Gasteiger charge is 2.27. The molecule has 0 aliphatic rings. The molecule has 108 valence electrons. The van der Waals surface area contributed by atoms with E-state index in [9.17, 15) is 17.6 Å². The van der Waals surface area contributed by atoms with Crippen molar-refractivity contribution in [2.75, 3.05) is 13.2 Å². The van der Waals surface area contributed by atoms with Gasteiger partial charge in [0.2, 0.25) is 0 Å². The molecule has 1 aromatic rings. The van der Waals surface area contributed by atoms with Gasteiger partial charge in [-0.2, -0.15) is 13.2 Å².